The van der Waals surface area contributed by atoms with E-state index < -0.39 is 0 Å². The quantitative estimate of drug-likeness (QED) is 0.734. The van der Waals surface area contributed by atoms with Crippen LogP contribution in [0.15, 0.2) is 29.6 Å². The first kappa shape index (κ1) is 13.2. The van der Waals surface area contributed by atoms with Gasteiger partial charge < -0.3 is 9.55 Å². The molecule has 4 nitrogen and oxygen atoms in total. The van der Waals surface area contributed by atoms with Crippen molar-refractivity contribution in [2.75, 3.05) is 0 Å². The molecule has 0 saturated carbocycles. The fraction of sp³-hybridized carbons (Fsp3) is 0.143. The summed E-state index contributed by atoms with van der Waals surface area (Å²) in [6.07, 6.45) is 1.75. The lowest BCUT2D eigenvalue weighted by atomic mass is 10.2. The predicted molar refractivity (Wildman–Crippen MR) is 82.8 cm³/mol. The van der Waals surface area contributed by atoms with E-state index >= 15 is 0 Å². The van der Waals surface area contributed by atoms with Crippen LogP contribution in [0.1, 0.15) is 5.82 Å². The Kier molecular flexibility index (Phi) is 3.07. The molecule has 2 aromatic heterocycles. The van der Waals surface area contributed by atoms with Crippen LogP contribution in [-0.2, 0) is 6.54 Å². The molecular weight excluding hydrogens is 297 g/mol. The number of aromatic amines is 1. The maximum absolute atomic E-state index is 12.6. The van der Waals surface area contributed by atoms with Crippen LogP contribution >= 0.6 is 23.2 Å². The summed E-state index contributed by atoms with van der Waals surface area (Å²) in [5, 5.41) is 1.19. The molecule has 1 N–H and O–H groups in total. The molecule has 0 bridgehead atoms. The monoisotopic (exact) mass is 307 g/mol. The molecule has 2 heterocycles. The van der Waals surface area contributed by atoms with Gasteiger partial charge in [-0.1, -0.05) is 29.3 Å². The maximum Gasteiger partial charge on any atom is 0.218 e. The Morgan fingerprint density at radius 1 is 1.40 bits per heavy atom. The number of fused-ring (bicyclic) bond motifs is 2. The first-order valence-corrected chi connectivity index (χ1v) is 6.78. The van der Waals surface area contributed by atoms with Gasteiger partial charge >= 0.3 is 0 Å². The number of rotatable bonds is 2. The number of halogens is 2. The number of aryl methyl sites for hydroxylation is 1. The smallest absolute Gasteiger partial charge is 0.218 e. The van der Waals surface area contributed by atoms with Crippen LogP contribution in [0.3, 0.4) is 0 Å². The molecule has 0 unspecified atom stereocenters. The molecule has 0 aliphatic rings. The average Bonchev–Trinajstić information content (AvgIpc) is 2.72. The Balaban J connectivity index is 2.58. The van der Waals surface area contributed by atoms with E-state index in [2.05, 4.69) is 16.5 Å². The standard InChI is InChI=1S/C14H11Cl2N3O/c1-3-6-19-7(2)17-12-13(20)10-8(15)4-5-9(16)11(10)18-14(12)19/h3-5H,1,6H2,2H3,(H,18,20). The Morgan fingerprint density at radius 3 is 2.80 bits per heavy atom. The lowest BCUT2D eigenvalue weighted by Gasteiger charge is -2.06. The van der Waals surface area contributed by atoms with Crippen molar-refractivity contribution in [3.05, 3.63) is 50.9 Å². The molecule has 0 aliphatic carbocycles. The zero-order valence-corrected chi connectivity index (χ0v) is 12.2. The van der Waals surface area contributed by atoms with Crippen molar-refractivity contribution in [3.8, 4) is 0 Å². The molecule has 0 fully saturated rings. The van der Waals surface area contributed by atoms with Crippen LogP contribution in [0.2, 0.25) is 10.0 Å². The topological polar surface area (TPSA) is 50.7 Å². The molecule has 20 heavy (non-hydrogen) atoms. The van der Waals surface area contributed by atoms with Gasteiger partial charge in [-0.05, 0) is 19.1 Å². The van der Waals surface area contributed by atoms with Gasteiger partial charge in [0.15, 0.2) is 5.52 Å². The fourth-order valence-electron chi connectivity index (χ4n) is 2.34. The van der Waals surface area contributed by atoms with Crippen molar-refractivity contribution in [1.29, 1.82) is 0 Å². The third-order valence-electron chi connectivity index (χ3n) is 3.26. The van der Waals surface area contributed by atoms with Crippen molar-refractivity contribution >= 4 is 45.3 Å². The number of H-pyrrole nitrogens is 1. The van der Waals surface area contributed by atoms with E-state index in [1.165, 1.54) is 0 Å². The Morgan fingerprint density at radius 2 is 2.10 bits per heavy atom. The molecule has 3 aromatic rings. The molecule has 0 radical (unpaired) electrons. The normalized spacial score (nSPS) is 11.3. The van der Waals surface area contributed by atoms with Gasteiger partial charge in [0.25, 0.3) is 0 Å². The van der Waals surface area contributed by atoms with Crippen LogP contribution in [0.25, 0.3) is 22.1 Å². The number of pyridine rings is 1. The van der Waals surface area contributed by atoms with Crippen LogP contribution in [0.4, 0.5) is 0 Å². The summed E-state index contributed by atoms with van der Waals surface area (Å²) < 4.78 is 1.88. The molecular formula is C14H11Cl2N3O. The first-order valence-electron chi connectivity index (χ1n) is 6.02. The van der Waals surface area contributed by atoms with E-state index in [1.54, 1.807) is 18.2 Å². The number of allylic oxidation sites excluding steroid dienone is 1. The summed E-state index contributed by atoms with van der Waals surface area (Å²) >= 11 is 12.3. The Bertz CT molecular complexity index is 908. The highest BCUT2D eigenvalue weighted by Crippen LogP contribution is 2.27. The van der Waals surface area contributed by atoms with Crippen molar-refractivity contribution < 1.29 is 0 Å². The third-order valence-corrected chi connectivity index (χ3v) is 3.89. The van der Waals surface area contributed by atoms with E-state index in [-0.39, 0.29) is 5.43 Å². The highest BCUT2D eigenvalue weighted by Gasteiger charge is 2.16. The summed E-state index contributed by atoms with van der Waals surface area (Å²) in [7, 11) is 0. The highest BCUT2D eigenvalue weighted by molar-refractivity contribution is 6.40. The minimum atomic E-state index is -0.216. The van der Waals surface area contributed by atoms with Gasteiger partial charge in [-0.25, -0.2) is 4.98 Å². The first-order chi connectivity index (χ1) is 9.54. The average molecular weight is 308 g/mol. The van der Waals surface area contributed by atoms with Crippen LogP contribution < -0.4 is 5.43 Å². The van der Waals surface area contributed by atoms with Crippen LogP contribution in [-0.4, -0.2) is 14.5 Å². The minimum absolute atomic E-state index is 0.216. The summed E-state index contributed by atoms with van der Waals surface area (Å²) in [6, 6.07) is 3.27. The second kappa shape index (κ2) is 4.65. The second-order valence-electron chi connectivity index (χ2n) is 4.49. The van der Waals surface area contributed by atoms with E-state index in [4.69, 9.17) is 23.2 Å². The number of benzene rings is 1. The van der Waals surface area contributed by atoms with Crippen LogP contribution in [0.5, 0.6) is 0 Å². The molecule has 0 aliphatic heterocycles. The molecule has 0 spiro atoms. The molecule has 6 heteroatoms. The van der Waals surface area contributed by atoms with Gasteiger partial charge in [-0.3, -0.25) is 4.79 Å². The van der Waals surface area contributed by atoms with E-state index in [0.29, 0.717) is 38.7 Å². The lowest BCUT2D eigenvalue weighted by molar-refractivity contribution is 0.799. The number of aromatic nitrogens is 3. The van der Waals surface area contributed by atoms with Gasteiger partial charge in [-0.15, -0.1) is 6.58 Å². The highest BCUT2D eigenvalue weighted by atomic mass is 35.5. The van der Waals surface area contributed by atoms with Gasteiger partial charge in [0, 0.05) is 6.54 Å². The molecule has 0 amide bonds. The molecule has 0 atom stereocenters. The molecule has 3 rings (SSSR count). The van der Waals surface area contributed by atoms with Crippen molar-refractivity contribution in [1.82, 2.24) is 14.5 Å². The molecule has 0 saturated heterocycles. The Hall–Kier alpha value is -1.78. The number of nitrogens with zero attached hydrogens (tertiary/aromatic N) is 2. The number of imidazole rings is 1. The predicted octanol–water partition coefficient (Wildman–Crippen LogP) is 3.68. The number of hydrogen-bond acceptors (Lipinski definition) is 2. The third kappa shape index (κ3) is 1.76. The lowest BCUT2D eigenvalue weighted by Crippen LogP contribution is -2.06. The summed E-state index contributed by atoms with van der Waals surface area (Å²) in [5.41, 5.74) is 1.30. The summed E-state index contributed by atoms with van der Waals surface area (Å²) in [5.74, 6) is 0.732. The molecule has 1 aromatic carbocycles. The van der Waals surface area contributed by atoms with Gasteiger partial charge in [0.05, 0.1) is 20.9 Å². The van der Waals surface area contributed by atoms with Gasteiger partial charge in [0.2, 0.25) is 5.43 Å². The van der Waals surface area contributed by atoms with E-state index in [0.717, 1.165) is 5.82 Å². The van der Waals surface area contributed by atoms with Crippen molar-refractivity contribution in [2.24, 2.45) is 0 Å². The number of nitrogens with one attached hydrogen (secondary N) is 1. The zero-order chi connectivity index (χ0) is 14.4. The largest absolute Gasteiger partial charge is 0.338 e. The maximum atomic E-state index is 12.6. The van der Waals surface area contributed by atoms with E-state index in [1.807, 2.05) is 11.5 Å². The Labute approximate surface area is 124 Å². The minimum Gasteiger partial charge on any atom is -0.338 e. The zero-order valence-electron chi connectivity index (χ0n) is 10.7. The van der Waals surface area contributed by atoms with E-state index in [9.17, 15) is 4.79 Å². The fourth-order valence-corrected chi connectivity index (χ4v) is 2.78. The summed E-state index contributed by atoms with van der Waals surface area (Å²) in [4.78, 5) is 20.1. The van der Waals surface area contributed by atoms with Crippen LogP contribution in [0, 0.1) is 6.92 Å². The molecule has 102 valence electrons. The van der Waals surface area contributed by atoms with Gasteiger partial charge in [-0.2, -0.15) is 0 Å². The number of hydrogen-bond donors (Lipinski definition) is 1. The summed E-state index contributed by atoms with van der Waals surface area (Å²) in [6.45, 7) is 6.11. The SMILES string of the molecule is C=CCn1c(C)nc2c(=O)c3c(Cl)ccc(Cl)c3[nH]c21. The second-order valence-corrected chi connectivity index (χ2v) is 5.30. The van der Waals surface area contributed by atoms with Crippen molar-refractivity contribution in [3.63, 3.8) is 0 Å². The van der Waals surface area contributed by atoms with Gasteiger partial charge in [0.1, 0.15) is 11.5 Å². The van der Waals surface area contributed by atoms with Crippen molar-refractivity contribution in [2.45, 2.75) is 13.5 Å².